The minimum Gasteiger partial charge on any atom is -0.507 e. The van der Waals surface area contributed by atoms with Crippen LogP contribution < -0.4 is 10.7 Å². The van der Waals surface area contributed by atoms with Crippen LogP contribution in [0.3, 0.4) is 0 Å². The van der Waals surface area contributed by atoms with E-state index in [0.29, 0.717) is 21.3 Å². The van der Waals surface area contributed by atoms with Gasteiger partial charge in [0.05, 0.1) is 6.21 Å². The minimum atomic E-state index is -0.603. The number of phenols is 1. The second-order valence-electron chi connectivity index (χ2n) is 5.19. The van der Waals surface area contributed by atoms with Crippen LogP contribution in [0.4, 0.5) is 5.69 Å². The fraction of sp³-hybridized carbons (Fsp3) is 0.118. The maximum Gasteiger partial charge on any atom is 0.249 e. The summed E-state index contributed by atoms with van der Waals surface area (Å²) in [5.74, 6) is -1.14. The van der Waals surface area contributed by atoms with Gasteiger partial charge in [-0.2, -0.15) is 5.10 Å². The van der Waals surface area contributed by atoms with Gasteiger partial charge in [0.1, 0.15) is 12.2 Å². The van der Waals surface area contributed by atoms with Gasteiger partial charge in [-0.05, 0) is 42.8 Å². The summed E-state index contributed by atoms with van der Waals surface area (Å²) in [4.78, 5) is 23.5. The van der Waals surface area contributed by atoms with Gasteiger partial charge in [-0.1, -0.05) is 29.3 Å². The van der Waals surface area contributed by atoms with E-state index < -0.39 is 18.2 Å². The van der Waals surface area contributed by atoms with E-state index in [9.17, 15) is 14.7 Å². The normalized spacial score (nSPS) is 10.7. The van der Waals surface area contributed by atoms with E-state index in [-0.39, 0.29) is 5.75 Å². The molecule has 0 saturated carbocycles. The topological polar surface area (TPSA) is 90.8 Å². The average molecular weight is 380 g/mol. The van der Waals surface area contributed by atoms with Crippen LogP contribution in [0.5, 0.6) is 5.75 Å². The molecule has 0 unspecified atom stereocenters. The molecule has 0 radical (unpaired) electrons. The van der Waals surface area contributed by atoms with E-state index in [4.69, 9.17) is 23.2 Å². The molecular weight excluding hydrogens is 365 g/mol. The number of phenolic OH excluding ortho intramolecular Hbond substituents is 1. The highest BCUT2D eigenvalue weighted by Crippen LogP contribution is 2.20. The molecule has 2 rings (SSSR count). The Morgan fingerprint density at radius 2 is 1.92 bits per heavy atom. The third-order valence-corrected chi connectivity index (χ3v) is 3.80. The molecule has 130 valence electrons. The zero-order chi connectivity index (χ0) is 18.4. The fourth-order valence-electron chi connectivity index (χ4n) is 1.86. The smallest absolute Gasteiger partial charge is 0.249 e. The van der Waals surface area contributed by atoms with Crippen molar-refractivity contribution in [3.63, 3.8) is 0 Å². The van der Waals surface area contributed by atoms with Crippen LogP contribution in [-0.4, -0.2) is 23.1 Å². The quantitative estimate of drug-likeness (QED) is 0.421. The summed E-state index contributed by atoms with van der Waals surface area (Å²) >= 11 is 11.8. The van der Waals surface area contributed by atoms with E-state index >= 15 is 0 Å². The molecule has 0 bridgehead atoms. The van der Waals surface area contributed by atoms with Gasteiger partial charge in [0.2, 0.25) is 11.8 Å². The molecular formula is C17H15Cl2N3O3. The highest BCUT2D eigenvalue weighted by Gasteiger charge is 2.09. The second kappa shape index (κ2) is 8.50. The number of carbonyl (C=O) groups excluding carboxylic acids is 2. The maximum atomic E-state index is 11.8. The molecule has 0 aliphatic carbocycles. The molecule has 0 aliphatic heterocycles. The number of amides is 2. The Bertz CT molecular complexity index is 838. The van der Waals surface area contributed by atoms with E-state index in [0.717, 1.165) is 5.56 Å². The van der Waals surface area contributed by atoms with Crippen molar-refractivity contribution in [1.29, 1.82) is 0 Å². The summed E-state index contributed by atoms with van der Waals surface area (Å²) in [5.41, 5.74) is 3.93. The number of carbonyl (C=O) groups is 2. The van der Waals surface area contributed by atoms with Gasteiger partial charge < -0.3 is 10.4 Å². The van der Waals surface area contributed by atoms with Crippen molar-refractivity contribution in [2.45, 2.75) is 13.3 Å². The van der Waals surface area contributed by atoms with Gasteiger partial charge in [-0.3, -0.25) is 9.59 Å². The molecule has 0 atom stereocenters. The monoisotopic (exact) mass is 379 g/mol. The lowest BCUT2D eigenvalue weighted by atomic mass is 10.2. The van der Waals surface area contributed by atoms with Crippen LogP contribution in [-0.2, 0) is 9.59 Å². The highest BCUT2D eigenvalue weighted by atomic mass is 35.5. The number of hydrogen-bond acceptors (Lipinski definition) is 4. The van der Waals surface area contributed by atoms with Gasteiger partial charge in [0.25, 0.3) is 0 Å². The van der Waals surface area contributed by atoms with Crippen molar-refractivity contribution in [1.82, 2.24) is 5.43 Å². The van der Waals surface area contributed by atoms with E-state index in [1.807, 2.05) is 6.92 Å². The highest BCUT2D eigenvalue weighted by molar-refractivity contribution is 6.31. The van der Waals surface area contributed by atoms with Crippen molar-refractivity contribution in [2.24, 2.45) is 5.10 Å². The molecule has 2 amide bonds. The molecule has 0 aromatic heterocycles. The van der Waals surface area contributed by atoms with Crippen LogP contribution >= 0.6 is 23.2 Å². The molecule has 0 aliphatic rings. The number of hydrazone groups is 1. The number of aryl methyl sites for hydroxylation is 1. The molecule has 8 heteroatoms. The Kier molecular flexibility index (Phi) is 6.38. The lowest BCUT2D eigenvalue weighted by Gasteiger charge is -2.06. The maximum absolute atomic E-state index is 11.8. The molecule has 0 saturated heterocycles. The zero-order valence-corrected chi connectivity index (χ0v) is 14.7. The van der Waals surface area contributed by atoms with Crippen LogP contribution in [0.2, 0.25) is 10.0 Å². The summed E-state index contributed by atoms with van der Waals surface area (Å²) in [5, 5.41) is 16.8. The predicted octanol–water partition coefficient (Wildman–Crippen LogP) is 3.49. The van der Waals surface area contributed by atoms with E-state index in [1.165, 1.54) is 24.4 Å². The standard InChI is InChI=1S/C17H15Cl2N3O3/c1-10-2-4-13(7-14(10)19)21-16(24)8-17(25)22-20-9-11-6-12(18)3-5-15(11)23/h2-7,9,23H,8H2,1H3,(H,21,24)(H,22,25)/b20-9+. The van der Waals surface area contributed by atoms with E-state index in [2.05, 4.69) is 15.8 Å². The summed E-state index contributed by atoms with van der Waals surface area (Å²) in [7, 11) is 0. The summed E-state index contributed by atoms with van der Waals surface area (Å²) in [6, 6.07) is 9.48. The van der Waals surface area contributed by atoms with Crippen molar-refractivity contribution in [3.8, 4) is 5.75 Å². The number of aromatic hydroxyl groups is 1. The third-order valence-electron chi connectivity index (χ3n) is 3.16. The van der Waals surface area contributed by atoms with Gasteiger partial charge in [-0.25, -0.2) is 5.43 Å². The summed E-state index contributed by atoms with van der Waals surface area (Å²) in [6.45, 7) is 1.84. The number of rotatable bonds is 5. The molecule has 0 fully saturated rings. The Morgan fingerprint density at radius 3 is 2.64 bits per heavy atom. The summed E-state index contributed by atoms with van der Waals surface area (Å²) in [6.07, 6.45) is 0.821. The van der Waals surface area contributed by atoms with Crippen LogP contribution in [0.15, 0.2) is 41.5 Å². The first-order valence-corrected chi connectivity index (χ1v) is 7.97. The Balaban J connectivity index is 1.87. The molecule has 0 spiro atoms. The Hall–Kier alpha value is -2.57. The Morgan fingerprint density at radius 1 is 1.16 bits per heavy atom. The van der Waals surface area contributed by atoms with Gasteiger partial charge in [0, 0.05) is 21.3 Å². The van der Waals surface area contributed by atoms with Crippen molar-refractivity contribution in [2.75, 3.05) is 5.32 Å². The fourth-order valence-corrected chi connectivity index (χ4v) is 2.22. The number of halogens is 2. The van der Waals surface area contributed by atoms with E-state index in [1.54, 1.807) is 18.2 Å². The van der Waals surface area contributed by atoms with Crippen molar-refractivity contribution < 1.29 is 14.7 Å². The zero-order valence-electron chi connectivity index (χ0n) is 13.2. The van der Waals surface area contributed by atoms with Crippen LogP contribution in [0.1, 0.15) is 17.5 Å². The molecule has 3 N–H and O–H groups in total. The SMILES string of the molecule is Cc1ccc(NC(=O)CC(=O)N/N=C/c2cc(Cl)ccc2O)cc1Cl. The minimum absolute atomic E-state index is 0.0311. The second-order valence-corrected chi connectivity index (χ2v) is 6.03. The molecule has 0 heterocycles. The molecule has 6 nitrogen and oxygen atoms in total. The lowest BCUT2D eigenvalue weighted by molar-refractivity contribution is -0.126. The first-order valence-electron chi connectivity index (χ1n) is 7.21. The number of anilines is 1. The van der Waals surface area contributed by atoms with Gasteiger partial charge in [0.15, 0.2) is 0 Å². The first kappa shape index (κ1) is 18.8. The molecule has 25 heavy (non-hydrogen) atoms. The summed E-state index contributed by atoms with van der Waals surface area (Å²) < 4.78 is 0. The average Bonchev–Trinajstić information content (AvgIpc) is 2.54. The van der Waals surface area contributed by atoms with Crippen molar-refractivity contribution >= 4 is 46.9 Å². The van der Waals surface area contributed by atoms with Crippen LogP contribution in [0, 0.1) is 6.92 Å². The Labute approximate surface area is 154 Å². The third kappa shape index (κ3) is 5.77. The molecule has 2 aromatic rings. The van der Waals surface area contributed by atoms with Crippen LogP contribution in [0.25, 0.3) is 0 Å². The van der Waals surface area contributed by atoms with Gasteiger partial charge >= 0.3 is 0 Å². The largest absolute Gasteiger partial charge is 0.507 e. The number of hydrogen-bond donors (Lipinski definition) is 3. The van der Waals surface area contributed by atoms with Gasteiger partial charge in [-0.15, -0.1) is 0 Å². The number of benzene rings is 2. The predicted molar refractivity (Wildman–Crippen MR) is 98.3 cm³/mol. The number of nitrogens with one attached hydrogen (secondary N) is 2. The number of nitrogens with zero attached hydrogens (tertiary/aromatic N) is 1. The molecule has 2 aromatic carbocycles. The van der Waals surface area contributed by atoms with Crippen molar-refractivity contribution in [3.05, 3.63) is 57.6 Å². The lowest BCUT2D eigenvalue weighted by Crippen LogP contribution is -2.24. The first-order chi connectivity index (χ1) is 11.8.